The summed E-state index contributed by atoms with van der Waals surface area (Å²) in [6.45, 7) is 3.70. The van der Waals surface area contributed by atoms with E-state index in [4.69, 9.17) is 5.11 Å². The third kappa shape index (κ3) is 3.60. The van der Waals surface area contributed by atoms with Gasteiger partial charge in [-0.25, -0.2) is 4.79 Å². The molecule has 0 bridgehead atoms. The maximum atomic E-state index is 12.5. The zero-order valence-electron chi connectivity index (χ0n) is 11.4. The number of carbonyl (C=O) groups excluding carboxylic acids is 1. The Morgan fingerprint density at radius 3 is 2.60 bits per heavy atom. The second kappa shape index (κ2) is 6.39. The number of amides is 1. The van der Waals surface area contributed by atoms with Crippen LogP contribution in [0.5, 0.6) is 0 Å². The maximum absolute atomic E-state index is 12.5. The van der Waals surface area contributed by atoms with Gasteiger partial charge in [-0.05, 0) is 43.4 Å². The molecule has 1 N–H and O–H groups in total. The molecule has 4 nitrogen and oxygen atoms in total. The number of carboxylic acid groups (broad SMARTS) is 1. The molecule has 0 radical (unpaired) electrons. The van der Waals surface area contributed by atoms with Gasteiger partial charge < -0.3 is 10.0 Å². The van der Waals surface area contributed by atoms with E-state index in [0.717, 1.165) is 32.4 Å². The number of halogens is 1. The van der Waals surface area contributed by atoms with Crippen molar-refractivity contribution < 1.29 is 14.7 Å². The first-order chi connectivity index (χ1) is 9.47. The second-order valence-electron chi connectivity index (χ2n) is 5.36. The Bertz CT molecular complexity index is 530. The van der Waals surface area contributed by atoms with Crippen molar-refractivity contribution in [3.8, 4) is 0 Å². The summed E-state index contributed by atoms with van der Waals surface area (Å²) in [5.41, 5.74) is 0.567. The molecule has 108 valence electrons. The SMILES string of the molecule is CC1CCCN(C(=O)c2cc(Br)cc(C(=O)O)c2)CC1. The molecule has 1 atom stereocenters. The lowest BCUT2D eigenvalue weighted by molar-refractivity contribution is 0.0697. The maximum Gasteiger partial charge on any atom is 0.335 e. The Hall–Kier alpha value is -1.36. The second-order valence-corrected chi connectivity index (χ2v) is 6.28. The molecule has 0 spiro atoms. The first-order valence-corrected chi connectivity index (χ1v) is 7.60. The largest absolute Gasteiger partial charge is 0.478 e. The molecule has 1 amide bonds. The van der Waals surface area contributed by atoms with Crippen LogP contribution in [-0.2, 0) is 0 Å². The minimum absolute atomic E-state index is 0.0806. The zero-order valence-corrected chi connectivity index (χ0v) is 13.0. The molecule has 2 rings (SSSR count). The Balaban J connectivity index is 2.22. The number of benzene rings is 1. The van der Waals surface area contributed by atoms with Crippen molar-refractivity contribution in [1.29, 1.82) is 0 Å². The lowest BCUT2D eigenvalue weighted by Gasteiger charge is -2.20. The number of likely N-dealkylation sites (tertiary alicyclic amines) is 1. The molecule has 0 saturated carbocycles. The average Bonchev–Trinajstić information content (AvgIpc) is 2.62. The van der Waals surface area contributed by atoms with Gasteiger partial charge in [0.25, 0.3) is 5.91 Å². The Morgan fingerprint density at radius 2 is 1.90 bits per heavy atom. The lowest BCUT2D eigenvalue weighted by Crippen LogP contribution is -2.32. The van der Waals surface area contributed by atoms with Gasteiger partial charge in [0.15, 0.2) is 0 Å². The van der Waals surface area contributed by atoms with Crippen molar-refractivity contribution in [3.63, 3.8) is 0 Å². The monoisotopic (exact) mass is 339 g/mol. The molecule has 1 unspecified atom stereocenters. The van der Waals surface area contributed by atoms with E-state index in [2.05, 4.69) is 22.9 Å². The van der Waals surface area contributed by atoms with Crippen LogP contribution in [-0.4, -0.2) is 35.0 Å². The molecule has 1 aliphatic rings. The molecule has 20 heavy (non-hydrogen) atoms. The van der Waals surface area contributed by atoms with Crippen LogP contribution < -0.4 is 0 Å². The number of aromatic carboxylic acids is 1. The summed E-state index contributed by atoms with van der Waals surface area (Å²) < 4.78 is 0.615. The molecule has 5 heteroatoms. The van der Waals surface area contributed by atoms with E-state index in [1.54, 1.807) is 6.07 Å². The molecule has 1 fully saturated rings. The molecule has 0 aromatic heterocycles. The summed E-state index contributed by atoms with van der Waals surface area (Å²) in [6.07, 6.45) is 3.15. The van der Waals surface area contributed by atoms with Crippen molar-refractivity contribution in [1.82, 2.24) is 4.90 Å². The number of rotatable bonds is 2. The van der Waals surface area contributed by atoms with E-state index in [-0.39, 0.29) is 11.5 Å². The first-order valence-electron chi connectivity index (χ1n) is 6.80. The smallest absolute Gasteiger partial charge is 0.335 e. The van der Waals surface area contributed by atoms with Crippen molar-refractivity contribution in [2.75, 3.05) is 13.1 Å². The number of carbonyl (C=O) groups is 2. The van der Waals surface area contributed by atoms with Gasteiger partial charge in [0, 0.05) is 23.1 Å². The highest BCUT2D eigenvalue weighted by molar-refractivity contribution is 9.10. The molecule has 1 aromatic carbocycles. The van der Waals surface area contributed by atoms with Crippen LogP contribution in [0.25, 0.3) is 0 Å². The highest BCUT2D eigenvalue weighted by Crippen LogP contribution is 2.21. The Kier molecular flexibility index (Phi) is 4.81. The molecule has 1 heterocycles. The summed E-state index contributed by atoms with van der Waals surface area (Å²) in [6, 6.07) is 4.64. The van der Waals surface area contributed by atoms with E-state index in [1.807, 2.05) is 4.90 Å². The fourth-order valence-corrected chi connectivity index (χ4v) is 2.98. The summed E-state index contributed by atoms with van der Waals surface area (Å²) in [5.74, 6) is -0.461. The van der Waals surface area contributed by atoms with Crippen molar-refractivity contribution in [3.05, 3.63) is 33.8 Å². The average molecular weight is 340 g/mol. The van der Waals surface area contributed by atoms with Crippen molar-refractivity contribution in [2.45, 2.75) is 26.2 Å². The summed E-state index contributed by atoms with van der Waals surface area (Å²) in [4.78, 5) is 25.4. The predicted molar refractivity (Wildman–Crippen MR) is 80.0 cm³/mol. The van der Waals surface area contributed by atoms with Crippen LogP contribution in [0.3, 0.4) is 0 Å². The molecular weight excluding hydrogens is 322 g/mol. The standard InChI is InChI=1S/C15H18BrNO3/c1-10-3-2-5-17(6-4-10)14(18)11-7-12(15(19)20)9-13(16)8-11/h7-10H,2-6H2,1H3,(H,19,20). The minimum Gasteiger partial charge on any atom is -0.478 e. The van der Waals surface area contributed by atoms with Crippen molar-refractivity contribution >= 4 is 27.8 Å². The molecular formula is C15H18BrNO3. The van der Waals surface area contributed by atoms with Gasteiger partial charge in [-0.3, -0.25) is 4.79 Å². The molecule has 1 saturated heterocycles. The number of carboxylic acids is 1. The van der Waals surface area contributed by atoms with Crippen LogP contribution in [0.2, 0.25) is 0 Å². The van der Waals surface area contributed by atoms with E-state index >= 15 is 0 Å². The van der Waals surface area contributed by atoms with Gasteiger partial charge in [0.05, 0.1) is 5.56 Å². The fourth-order valence-electron chi connectivity index (χ4n) is 2.49. The quantitative estimate of drug-likeness (QED) is 0.898. The Labute approximate surface area is 126 Å². The normalized spacial score (nSPS) is 19.5. The predicted octanol–water partition coefficient (Wildman–Crippen LogP) is 3.41. The highest BCUT2D eigenvalue weighted by atomic mass is 79.9. The molecule has 0 aliphatic carbocycles. The van der Waals surface area contributed by atoms with Gasteiger partial charge in [-0.2, -0.15) is 0 Å². The summed E-state index contributed by atoms with van der Waals surface area (Å²) in [7, 11) is 0. The number of hydrogen-bond acceptors (Lipinski definition) is 2. The van der Waals surface area contributed by atoms with Gasteiger partial charge >= 0.3 is 5.97 Å². The van der Waals surface area contributed by atoms with Gasteiger partial charge in [-0.1, -0.05) is 22.9 Å². The van der Waals surface area contributed by atoms with Crippen molar-refractivity contribution in [2.24, 2.45) is 5.92 Å². The van der Waals surface area contributed by atoms with Crippen LogP contribution >= 0.6 is 15.9 Å². The number of nitrogens with zero attached hydrogens (tertiary/aromatic N) is 1. The zero-order chi connectivity index (χ0) is 14.7. The molecule has 1 aliphatic heterocycles. The van der Waals surface area contributed by atoms with Gasteiger partial charge in [0.1, 0.15) is 0 Å². The lowest BCUT2D eigenvalue weighted by atomic mass is 10.0. The topological polar surface area (TPSA) is 57.6 Å². The first kappa shape index (κ1) is 15.0. The van der Waals surface area contributed by atoms with Gasteiger partial charge in [-0.15, -0.1) is 0 Å². The van der Waals surface area contributed by atoms with Crippen LogP contribution in [0.1, 0.15) is 46.9 Å². The van der Waals surface area contributed by atoms with E-state index in [0.29, 0.717) is 16.0 Å². The summed E-state index contributed by atoms with van der Waals surface area (Å²) >= 11 is 3.26. The molecule has 1 aromatic rings. The third-order valence-corrected chi connectivity index (χ3v) is 4.15. The van der Waals surface area contributed by atoms with Gasteiger partial charge in [0.2, 0.25) is 0 Å². The number of hydrogen-bond donors (Lipinski definition) is 1. The van der Waals surface area contributed by atoms with Crippen LogP contribution in [0.4, 0.5) is 0 Å². The summed E-state index contributed by atoms with van der Waals surface area (Å²) in [5, 5.41) is 9.06. The third-order valence-electron chi connectivity index (χ3n) is 3.70. The van der Waals surface area contributed by atoms with E-state index in [9.17, 15) is 9.59 Å². The van der Waals surface area contributed by atoms with E-state index in [1.165, 1.54) is 12.1 Å². The highest BCUT2D eigenvalue weighted by Gasteiger charge is 2.21. The minimum atomic E-state index is -1.02. The Morgan fingerprint density at radius 1 is 1.20 bits per heavy atom. The van der Waals surface area contributed by atoms with E-state index < -0.39 is 5.97 Å². The van der Waals surface area contributed by atoms with Crippen LogP contribution in [0, 0.1) is 5.92 Å². The van der Waals surface area contributed by atoms with Crippen LogP contribution in [0.15, 0.2) is 22.7 Å². The fraction of sp³-hybridized carbons (Fsp3) is 0.467.